The molecule has 0 unspecified atom stereocenters. The number of rotatable bonds is 2. The van der Waals surface area contributed by atoms with E-state index in [-0.39, 0.29) is 17.7 Å². The minimum atomic E-state index is -0.187. The van der Waals surface area contributed by atoms with Gasteiger partial charge in [-0.2, -0.15) is 0 Å². The highest BCUT2D eigenvalue weighted by molar-refractivity contribution is 6.94. The van der Waals surface area contributed by atoms with Gasteiger partial charge >= 0.3 is 6.85 Å². The molecule has 14 rings (SSSR count). The van der Waals surface area contributed by atoms with Gasteiger partial charge in [0.2, 0.25) is 0 Å². The Morgan fingerprint density at radius 1 is 0.492 bits per heavy atom. The number of aromatic nitrogens is 1. The zero-order valence-corrected chi connectivity index (χ0v) is 37.4. The number of benzene rings is 9. The van der Waals surface area contributed by atoms with E-state index in [1.807, 2.05) is 0 Å². The number of furan rings is 2. The fourth-order valence-corrected chi connectivity index (χ4v) is 11.4. The molecule has 0 spiro atoms. The molecule has 9 aromatic carbocycles. The van der Waals surface area contributed by atoms with Gasteiger partial charge < -0.3 is 18.2 Å². The van der Waals surface area contributed by atoms with Gasteiger partial charge in [-0.25, -0.2) is 0 Å². The second-order valence-electron chi connectivity index (χ2n) is 20.5. The van der Waals surface area contributed by atoms with E-state index < -0.39 is 0 Å². The first-order chi connectivity index (χ1) is 31.5. The molecule has 65 heavy (non-hydrogen) atoms. The van der Waals surface area contributed by atoms with E-state index in [2.05, 4.69) is 215 Å². The van der Waals surface area contributed by atoms with E-state index in [1.165, 1.54) is 76.9 Å². The topological polar surface area (TPSA) is 34.5 Å². The first-order valence-electron chi connectivity index (χ1n) is 22.9. The van der Waals surface area contributed by atoms with Crippen molar-refractivity contribution < 1.29 is 8.83 Å². The summed E-state index contributed by atoms with van der Waals surface area (Å²) in [6.07, 6.45) is 0. The normalized spacial score (nSPS) is 13.6. The van der Waals surface area contributed by atoms with Crippen LogP contribution < -0.4 is 15.7 Å². The molecule has 3 aromatic heterocycles. The van der Waals surface area contributed by atoms with Crippen LogP contribution in [0, 0.1) is 0 Å². The van der Waals surface area contributed by atoms with Gasteiger partial charge in [-0.3, -0.25) is 0 Å². The molecule has 2 aliphatic heterocycles. The average Bonchev–Trinajstić information content (AvgIpc) is 3.98. The maximum atomic E-state index is 7.17. The molecule has 0 fully saturated rings. The molecule has 4 nitrogen and oxygen atoms in total. The van der Waals surface area contributed by atoms with Crippen molar-refractivity contribution in [3.63, 3.8) is 0 Å². The zero-order chi connectivity index (χ0) is 43.7. The SMILES string of the molecule is CC(C)(C)c1ccc2c(c1)c1cc(C(C)(C)C)cc3c1n2-c1c2c(cc4c1oc1ccccc14)-c1c(ccc4oc5cc6ccccc6cc5c14)N(c1ccc(-c4ccccc4)cc1)B23. The maximum Gasteiger partial charge on any atom is 0.333 e. The summed E-state index contributed by atoms with van der Waals surface area (Å²) < 4.78 is 16.6. The summed E-state index contributed by atoms with van der Waals surface area (Å²) >= 11 is 0. The molecule has 0 saturated heterocycles. The van der Waals surface area contributed by atoms with Crippen LogP contribution in [0.15, 0.2) is 173 Å². The number of para-hydroxylation sites is 1. The predicted molar refractivity (Wildman–Crippen MR) is 275 cm³/mol. The Kier molecular flexibility index (Phi) is 7.16. The van der Waals surface area contributed by atoms with Crippen LogP contribution in [-0.4, -0.2) is 11.4 Å². The number of anilines is 2. The minimum absolute atomic E-state index is 0.0236. The first kappa shape index (κ1) is 36.9. The second-order valence-corrected chi connectivity index (χ2v) is 20.5. The third-order valence-corrected chi connectivity index (χ3v) is 14.6. The molecule has 0 saturated carbocycles. The maximum absolute atomic E-state index is 7.17. The highest BCUT2D eigenvalue weighted by atomic mass is 16.3. The van der Waals surface area contributed by atoms with E-state index in [9.17, 15) is 0 Å². The van der Waals surface area contributed by atoms with Crippen molar-refractivity contribution in [1.82, 2.24) is 4.57 Å². The highest BCUT2D eigenvalue weighted by Crippen LogP contribution is 2.52. The Bertz CT molecular complexity index is 4020. The summed E-state index contributed by atoms with van der Waals surface area (Å²) in [5, 5.41) is 9.40. The fraction of sp³-hybridized carbons (Fsp3) is 0.133. The lowest BCUT2D eigenvalue weighted by atomic mass is 9.43. The van der Waals surface area contributed by atoms with Crippen molar-refractivity contribution in [2.45, 2.75) is 52.4 Å². The minimum Gasteiger partial charge on any atom is -0.456 e. The van der Waals surface area contributed by atoms with Gasteiger partial charge in [0, 0.05) is 49.3 Å². The lowest BCUT2D eigenvalue weighted by Gasteiger charge is -2.42. The first-order valence-corrected chi connectivity index (χ1v) is 22.9. The van der Waals surface area contributed by atoms with Crippen molar-refractivity contribution in [2.75, 3.05) is 4.81 Å². The molecule has 0 N–H and O–H groups in total. The quantitative estimate of drug-likeness (QED) is 0.163. The molecule has 0 bridgehead atoms. The Morgan fingerprint density at radius 2 is 1.20 bits per heavy atom. The molecule has 0 amide bonds. The molecule has 0 radical (unpaired) electrons. The van der Waals surface area contributed by atoms with Crippen LogP contribution in [0.4, 0.5) is 11.4 Å². The van der Waals surface area contributed by atoms with Crippen LogP contribution in [0.3, 0.4) is 0 Å². The van der Waals surface area contributed by atoms with Crippen molar-refractivity contribution in [2.24, 2.45) is 0 Å². The zero-order valence-electron chi connectivity index (χ0n) is 37.4. The summed E-state index contributed by atoms with van der Waals surface area (Å²) in [5.74, 6) is 0. The third-order valence-electron chi connectivity index (χ3n) is 14.6. The molecule has 12 aromatic rings. The highest BCUT2D eigenvalue weighted by Gasteiger charge is 2.47. The largest absolute Gasteiger partial charge is 0.456 e. The molecule has 5 heteroatoms. The number of hydrogen-bond acceptors (Lipinski definition) is 3. The lowest BCUT2D eigenvalue weighted by molar-refractivity contribution is 0.590. The molecule has 2 aliphatic rings. The molecule has 0 atom stereocenters. The van der Waals surface area contributed by atoms with Crippen molar-refractivity contribution >= 4 is 106 Å². The van der Waals surface area contributed by atoms with Gasteiger partial charge in [0.15, 0.2) is 5.58 Å². The summed E-state index contributed by atoms with van der Waals surface area (Å²) in [5.41, 5.74) is 19.3. The monoisotopic (exact) mass is 836 g/mol. The van der Waals surface area contributed by atoms with Crippen LogP contribution in [0.2, 0.25) is 0 Å². The smallest absolute Gasteiger partial charge is 0.333 e. The summed E-state index contributed by atoms with van der Waals surface area (Å²) in [4.78, 5) is 2.63. The van der Waals surface area contributed by atoms with Crippen molar-refractivity contribution in [3.8, 4) is 27.9 Å². The predicted octanol–water partition coefficient (Wildman–Crippen LogP) is 15.2. The van der Waals surface area contributed by atoms with Gasteiger partial charge in [0.05, 0.1) is 16.7 Å². The van der Waals surface area contributed by atoms with Crippen molar-refractivity contribution in [3.05, 3.63) is 175 Å². The lowest BCUT2D eigenvalue weighted by Crippen LogP contribution is -2.60. The molecule has 5 heterocycles. The average molecular weight is 837 g/mol. The van der Waals surface area contributed by atoms with E-state index in [4.69, 9.17) is 8.83 Å². The van der Waals surface area contributed by atoms with Crippen LogP contribution in [0.1, 0.15) is 52.7 Å². The summed E-state index contributed by atoms with van der Waals surface area (Å²) in [7, 11) is 0. The molecular weight excluding hydrogens is 791 g/mol. The Labute approximate surface area is 377 Å². The van der Waals surface area contributed by atoms with Crippen molar-refractivity contribution in [1.29, 1.82) is 0 Å². The van der Waals surface area contributed by atoms with E-state index in [1.54, 1.807) is 0 Å². The van der Waals surface area contributed by atoms with E-state index >= 15 is 0 Å². The van der Waals surface area contributed by atoms with Gasteiger partial charge in [-0.15, -0.1) is 0 Å². The van der Waals surface area contributed by atoms with Crippen LogP contribution >= 0.6 is 0 Å². The Morgan fingerprint density at radius 3 is 1.98 bits per heavy atom. The molecular formula is C60H45BN2O2. The van der Waals surface area contributed by atoms with Gasteiger partial charge in [-0.1, -0.05) is 139 Å². The fourth-order valence-electron chi connectivity index (χ4n) is 11.4. The van der Waals surface area contributed by atoms with Crippen LogP contribution in [0.5, 0.6) is 0 Å². The standard InChI is InChI=1S/C60H45BN2O2/c1-59(2,3)38-22-25-48-42(30-38)43-31-39(60(4,5)6)32-47-56(43)62(48)57-55-46(33-44-41-18-12-13-19-50(41)65-58(44)57)53-49(63(61(47)55)40-23-20-35(21-24-40)34-14-8-7-9-15-34)26-27-51-54(53)45-28-36-16-10-11-17-37(36)29-52(45)64-51/h7-33H,1-6H3. The van der Waals surface area contributed by atoms with Gasteiger partial charge in [-0.05, 0) is 127 Å². The van der Waals surface area contributed by atoms with Gasteiger partial charge in [0.1, 0.15) is 16.7 Å². The van der Waals surface area contributed by atoms with Crippen LogP contribution in [-0.2, 0) is 10.8 Å². The molecule has 0 aliphatic carbocycles. The van der Waals surface area contributed by atoms with E-state index in [0.29, 0.717) is 0 Å². The van der Waals surface area contributed by atoms with E-state index in [0.717, 1.165) is 60.9 Å². The summed E-state index contributed by atoms with van der Waals surface area (Å²) in [6.45, 7) is 13.8. The third kappa shape index (κ3) is 5.04. The number of hydrogen-bond donors (Lipinski definition) is 0. The Balaban J connectivity index is 1.20. The Hall–Kier alpha value is -7.50. The number of fused-ring (bicyclic) bond motifs is 16. The van der Waals surface area contributed by atoms with Crippen LogP contribution in [0.25, 0.3) is 104 Å². The molecule has 310 valence electrons. The van der Waals surface area contributed by atoms with Gasteiger partial charge in [0.25, 0.3) is 0 Å². The number of nitrogens with zero attached hydrogens (tertiary/aromatic N) is 2. The second kappa shape index (κ2) is 12.6. The summed E-state index contributed by atoms with van der Waals surface area (Å²) in [6, 6.07) is 60.8.